The summed E-state index contributed by atoms with van der Waals surface area (Å²) in [5.41, 5.74) is 3.12. The molecule has 0 bridgehead atoms. The monoisotopic (exact) mass is 493 g/mol. The molecule has 0 aliphatic heterocycles. The van der Waals surface area contributed by atoms with Crippen LogP contribution in [0.2, 0.25) is 0 Å². The summed E-state index contributed by atoms with van der Waals surface area (Å²) in [5.74, 6) is 0.458. The molecule has 0 amide bonds. The largest absolute Gasteiger partial charge is 0.357 e. The Balaban J connectivity index is 0.00000280. The molecule has 0 spiro atoms. The number of benzene rings is 2. The third-order valence-electron chi connectivity index (χ3n) is 3.99. The normalized spacial score (nSPS) is 11.0. The highest BCUT2D eigenvalue weighted by Gasteiger charge is 2.02. The van der Waals surface area contributed by atoms with Gasteiger partial charge in [0.2, 0.25) is 0 Å². The molecule has 5 nitrogen and oxygen atoms in total. The van der Waals surface area contributed by atoms with Crippen LogP contribution < -0.4 is 10.6 Å². The van der Waals surface area contributed by atoms with Crippen LogP contribution in [0.1, 0.15) is 23.6 Å². The molecule has 0 aliphatic rings. The van der Waals surface area contributed by atoms with Crippen molar-refractivity contribution >= 4 is 29.9 Å². The minimum absolute atomic E-state index is 0. The molecule has 28 heavy (non-hydrogen) atoms. The molecule has 1 aromatic heterocycles. The quantitative estimate of drug-likeness (QED) is 0.298. The third-order valence-corrected chi connectivity index (χ3v) is 3.99. The fraction of sp³-hybridized carbons (Fsp3) is 0.238. The minimum atomic E-state index is -0.234. The number of aromatic nitrogens is 2. The molecular formula is C21H25FIN5. The van der Waals surface area contributed by atoms with Gasteiger partial charge in [0.25, 0.3) is 0 Å². The summed E-state index contributed by atoms with van der Waals surface area (Å²) in [5, 5.41) is 10.8. The van der Waals surface area contributed by atoms with Crippen LogP contribution in [-0.2, 0) is 19.6 Å². The molecule has 0 aliphatic carbocycles. The smallest absolute Gasteiger partial charge is 0.191 e. The lowest BCUT2D eigenvalue weighted by molar-refractivity contribution is 0.624. The van der Waals surface area contributed by atoms with Gasteiger partial charge in [0.15, 0.2) is 5.96 Å². The van der Waals surface area contributed by atoms with Gasteiger partial charge in [-0.15, -0.1) is 24.0 Å². The van der Waals surface area contributed by atoms with Crippen molar-refractivity contribution in [3.63, 3.8) is 0 Å². The van der Waals surface area contributed by atoms with E-state index in [2.05, 4.69) is 32.9 Å². The van der Waals surface area contributed by atoms with E-state index >= 15 is 0 Å². The highest BCUT2D eigenvalue weighted by molar-refractivity contribution is 14.0. The fourth-order valence-corrected chi connectivity index (χ4v) is 2.69. The maximum atomic E-state index is 13.3. The number of nitrogens with one attached hydrogen (secondary N) is 2. The van der Waals surface area contributed by atoms with Crippen molar-refractivity contribution in [2.75, 3.05) is 6.54 Å². The maximum Gasteiger partial charge on any atom is 0.191 e. The standard InChI is InChI=1S/C21H24FN5.HI/c1-2-23-21(24-12-18-9-6-10-20(22)11-18)25-13-19-14-26-27(16-19)15-17-7-4-3-5-8-17;/h3-11,14,16H,2,12-13,15H2,1H3,(H2,23,24,25);1H. The number of hydrogen-bond donors (Lipinski definition) is 2. The fourth-order valence-electron chi connectivity index (χ4n) is 2.69. The molecule has 3 rings (SSSR count). The molecule has 0 fully saturated rings. The van der Waals surface area contributed by atoms with Gasteiger partial charge in [0.1, 0.15) is 5.82 Å². The van der Waals surface area contributed by atoms with Crippen LogP contribution in [0, 0.1) is 5.82 Å². The zero-order valence-electron chi connectivity index (χ0n) is 15.8. The summed E-state index contributed by atoms with van der Waals surface area (Å²) in [6.07, 6.45) is 3.84. The molecule has 0 atom stereocenters. The summed E-state index contributed by atoms with van der Waals surface area (Å²) in [7, 11) is 0. The van der Waals surface area contributed by atoms with Crippen molar-refractivity contribution in [3.8, 4) is 0 Å². The van der Waals surface area contributed by atoms with Gasteiger partial charge in [0.05, 0.1) is 19.3 Å². The van der Waals surface area contributed by atoms with Crippen LogP contribution in [0.25, 0.3) is 0 Å². The highest BCUT2D eigenvalue weighted by atomic mass is 127. The van der Waals surface area contributed by atoms with Gasteiger partial charge in [-0.2, -0.15) is 5.10 Å². The number of rotatable bonds is 7. The van der Waals surface area contributed by atoms with Crippen molar-refractivity contribution in [2.24, 2.45) is 4.99 Å². The molecule has 2 N–H and O–H groups in total. The van der Waals surface area contributed by atoms with Crippen LogP contribution in [0.15, 0.2) is 72.0 Å². The van der Waals surface area contributed by atoms with Crippen molar-refractivity contribution in [3.05, 3.63) is 89.5 Å². The van der Waals surface area contributed by atoms with E-state index in [1.165, 1.54) is 17.7 Å². The lowest BCUT2D eigenvalue weighted by Crippen LogP contribution is -2.36. The summed E-state index contributed by atoms with van der Waals surface area (Å²) in [6, 6.07) is 16.8. The van der Waals surface area contributed by atoms with Crippen molar-refractivity contribution in [1.29, 1.82) is 0 Å². The lowest BCUT2D eigenvalue weighted by atomic mass is 10.2. The number of hydrogen-bond acceptors (Lipinski definition) is 2. The Morgan fingerprint density at radius 2 is 1.82 bits per heavy atom. The van der Waals surface area contributed by atoms with Gasteiger partial charge in [-0.1, -0.05) is 42.5 Å². The van der Waals surface area contributed by atoms with Crippen molar-refractivity contribution in [2.45, 2.75) is 26.6 Å². The SMILES string of the molecule is CCNC(=NCc1cnn(Cc2ccccc2)c1)NCc1cccc(F)c1.I. The zero-order chi connectivity index (χ0) is 18.9. The Hall–Kier alpha value is -2.42. The molecular weight excluding hydrogens is 468 g/mol. The summed E-state index contributed by atoms with van der Waals surface area (Å²) < 4.78 is 15.2. The second-order valence-corrected chi connectivity index (χ2v) is 6.21. The van der Waals surface area contributed by atoms with E-state index in [1.807, 2.05) is 48.3 Å². The van der Waals surface area contributed by atoms with E-state index < -0.39 is 0 Å². The van der Waals surface area contributed by atoms with E-state index in [0.717, 1.165) is 24.2 Å². The van der Waals surface area contributed by atoms with E-state index in [1.54, 1.807) is 6.07 Å². The molecule has 0 saturated heterocycles. The molecule has 3 aromatic rings. The Labute approximate surface area is 182 Å². The highest BCUT2D eigenvalue weighted by Crippen LogP contribution is 2.06. The van der Waals surface area contributed by atoms with Gasteiger partial charge in [-0.25, -0.2) is 9.38 Å². The number of halogens is 2. The molecule has 0 saturated carbocycles. The Kier molecular flexibility index (Phi) is 8.93. The number of aliphatic imine (C=N–C) groups is 1. The first-order valence-electron chi connectivity index (χ1n) is 9.05. The van der Waals surface area contributed by atoms with Crippen LogP contribution >= 0.6 is 24.0 Å². The van der Waals surface area contributed by atoms with E-state index in [9.17, 15) is 4.39 Å². The first-order valence-corrected chi connectivity index (χ1v) is 9.05. The molecule has 7 heteroatoms. The van der Waals surface area contributed by atoms with Gasteiger partial charge in [0, 0.05) is 24.8 Å². The molecule has 2 aromatic carbocycles. The maximum absolute atomic E-state index is 13.3. The molecule has 0 radical (unpaired) electrons. The van der Waals surface area contributed by atoms with E-state index in [-0.39, 0.29) is 29.8 Å². The Morgan fingerprint density at radius 3 is 2.57 bits per heavy atom. The van der Waals surface area contributed by atoms with Crippen molar-refractivity contribution in [1.82, 2.24) is 20.4 Å². The third kappa shape index (κ3) is 6.95. The average Bonchev–Trinajstić information content (AvgIpc) is 3.12. The van der Waals surface area contributed by atoms with Crippen LogP contribution in [-0.4, -0.2) is 22.3 Å². The first-order chi connectivity index (χ1) is 13.2. The predicted molar refractivity (Wildman–Crippen MR) is 121 cm³/mol. The van der Waals surface area contributed by atoms with Gasteiger partial charge in [-0.05, 0) is 30.2 Å². The van der Waals surface area contributed by atoms with Gasteiger partial charge in [-0.3, -0.25) is 4.68 Å². The predicted octanol–water partition coefficient (Wildman–Crippen LogP) is 3.94. The van der Waals surface area contributed by atoms with E-state index in [0.29, 0.717) is 19.0 Å². The number of guanidine groups is 1. The second kappa shape index (κ2) is 11.4. The zero-order valence-corrected chi connectivity index (χ0v) is 18.1. The lowest BCUT2D eigenvalue weighted by Gasteiger charge is -2.11. The van der Waals surface area contributed by atoms with Gasteiger partial charge >= 0.3 is 0 Å². The number of nitrogens with zero attached hydrogens (tertiary/aromatic N) is 3. The first kappa shape index (κ1) is 21.9. The summed E-state index contributed by atoms with van der Waals surface area (Å²) in [4.78, 5) is 4.59. The van der Waals surface area contributed by atoms with Crippen molar-refractivity contribution < 1.29 is 4.39 Å². The molecule has 1 heterocycles. The molecule has 148 valence electrons. The minimum Gasteiger partial charge on any atom is -0.357 e. The van der Waals surface area contributed by atoms with Gasteiger partial charge < -0.3 is 10.6 Å². The van der Waals surface area contributed by atoms with Crippen LogP contribution in [0.5, 0.6) is 0 Å². The Bertz CT molecular complexity index is 879. The topological polar surface area (TPSA) is 54.2 Å². The summed E-state index contributed by atoms with van der Waals surface area (Å²) >= 11 is 0. The molecule has 0 unspecified atom stereocenters. The van der Waals surface area contributed by atoms with E-state index in [4.69, 9.17) is 0 Å². The average molecular weight is 493 g/mol. The van der Waals surface area contributed by atoms with Crippen LogP contribution in [0.4, 0.5) is 4.39 Å². The van der Waals surface area contributed by atoms with Crippen LogP contribution in [0.3, 0.4) is 0 Å². The Morgan fingerprint density at radius 1 is 1.04 bits per heavy atom. The summed E-state index contributed by atoms with van der Waals surface area (Å²) in [6.45, 7) is 4.53. The second-order valence-electron chi connectivity index (χ2n) is 6.21.